The molecule has 2 heterocycles. The zero-order valence-electron chi connectivity index (χ0n) is 32.6. The topological polar surface area (TPSA) is 122 Å². The van der Waals surface area contributed by atoms with E-state index in [0.29, 0.717) is 55.7 Å². The summed E-state index contributed by atoms with van der Waals surface area (Å²) in [5.41, 5.74) is -0.103. The van der Waals surface area contributed by atoms with E-state index in [1.165, 1.54) is 12.8 Å². The number of hydrogen-bond acceptors (Lipinski definition) is 8. The van der Waals surface area contributed by atoms with Crippen LogP contribution < -0.4 is 0 Å². The van der Waals surface area contributed by atoms with Crippen molar-refractivity contribution in [2.45, 2.75) is 149 Å². The van der Waals surface area contributed by atoms with Gasteiger partial charge in [0.1, 0.15) is 6.10 Å². The number of fused-ring (bicyclic) bond motifs is 2. The van der Waals surface area contributed by atoms with Gasteiger partial charge in [0.2, 0.25) is 5.91 Å². The fourth-order valence-electron chi connectivity index (χ4n) is 13.7. The Morgan fingerprint density at radius 1 is 1.10 bits per heavy atom. The van der Waals surface area contributed by atoms with Gasteiger partial charge in [0.05, 0.1) is 43.5 Å². The predicted octanol–water partition coefficient (Wildman–Crippen LogP) is 5.78. The maximum Gasteiger partial charge on any atom is 0.228 e. The van der Waals surface area contributed by atoms with E-state index in [-0.39, 0.29) is 45.7 Å². The van der Waals surface area contributed by atoms with Crippen LogP contribution in [-0.4, -0.2) is 94.2 Å². The summed E-state index contributed by atoms with van der Waals surface area (Å²) in [5, 5.41) is 33.6. The molecule has 5 saturated carbocycles. The number of aromatic nitrogens is 1. The Morgan fingerprint density at radius 3 is 2.51 bits per heavy atom. The van der Waals surface area contributed by atoms with Crippen molar-refractivity contribution >= 4 is 5.91 Å². The largest absolute Gasteiger partial charge is 0.393 e. The third-order valence-corrected chi connectivity index (χ3v) is 16.6. The molecule has 1 aromatic heterocycles. The van der Waals surface area contributed by atoms with Crippen LogP contribution in [0.15, 0.2) is 24.4 Å². The number of carbonyl (C=O) groups is 1. The molecule has 0 radical (unpaired) electrons. The monoisotopic (exact) mass is 710 g/mol. The molecule has 286 valence electrons. The fraction of sp³-hybridized carbons (Fsp3) is 0.857. The molecule has 4 unspecified atom stereocenters. The molecule has 0 aromatic carbocycles. The average Bonchev–Trinajstić information content (AvgIpc) is 3.71. The number of aliphatic hydroxyl groups is 3. The van der Waals surface area contributed by atoms with Crippen molar-refractivity contribution in [3.63, 3.8) is 0 Å². The summed E-state index contributed by atoms with van der Waals surface area (Å²) in [7, 11) is 1.63. The number of pyridine rings is 1. The van der Waals surface area contributed by atoms with Crippen molar-refractivity contribution < 1.29 is 34.3 Å². The standard InChI is InChI=1S/C42H66N2O7/c1-26(21-29(49-8)36(47)38(4,5)48)28-23-32(45)40(7)31-13-12-30-37(2,3)33(14-15-41(30)25-42(31,41)17-16-39(28,40)6)51-35-24-44(19-20-50-35)34(46)22-27-11-9-10-18-43-27/h9-11,18,26,28-33,35-36,45,47-48H,12-17,19-25H2,1-8H3/t26-,28?,29?,30+,31+,32+,33+,35?,36+,39-,40-,41-,42?/m1/s1. The van der Waals surface area contributed by atoms with Crippen LogP contribution in [0.3, 0.4) is 0 Å². The highest BCUT2D eigenvalue weighted by atomic mass is 16.7. The minimum atomic E-state index is -1.24. The summed E-state index contributed by atoms with van der Waals surface area (Å²) in [5.74, 6) is 1.67. The van der Waals surface area contributed by atoms with Crippen LogP contribution in [0, 0.1) is 50.7 Å². The number of carbonyl (C=O) groups excluding carboxylic acids is 1. The lowest BCUT2D eigenvalue weighted by atomic mass is 9.41. The Labute approximate surface area is 306 Å². The van der Waals surface area contributed by atoms with Crippen LogP contribution in [0.25, 0.3) is 0 Å². The minimum Gasteiger partial charge on any atom is -0.393 e. The van der Waals surface area contributed by atoms with Crippen LogP contribution in [0.5, 0.6) is 0 Å². The van der Waals surface area contributed by atoms with Crippen molar-refractivity contribution in [3.05, 3.63) is 30.1 Å². The van der Waals surface area contributed by atoms with Gasteiger partial charge >= 0.3 is 0 Å². The quantitative estimate of drug-likeness (QED) is 0.280. The molecule has 3 N–H and O–H groups in total. The number of morpholine rings is 1. The second kappa shape index (κ2) is 13.0. The Morgan fingerprint density at radius 2 is 1.82 bits per heavy atom. The van der Waals surface area contributed by atoms with Gasteiger partial charge in [-0.1, -0.05) is 40.7 Å². The van der Waals surface area contributed by atoms with Gasteiger partial charge in [-0.05, 0) is 129 Å². The normalized spacial score (nSPS) is 43.2. The number of amides is 1. The van der Waals surface area contributed by atoms with Crippen molar-refractivity contribution in [1.82, 2.24) is 9.88 Å². The molecule has 9 nitrogen and oxygen atoms in total. The molecule has 5 aliphatic carbocycles. The number of methoxy groups -OCH3 is 1. The summed E-state index contributed by atoms with van der Waals surface area (Å²) >= 11 is 0. The van der Waals surface area contributed by atoms with Crippen LogP contribution >= 0.6 is 0 Å². The first-order valence-electron chi connectivity index (χ1n) is 20.0. The average molecular weight is 711 g/mol. The second-order valence-electron chi connectivity index (χ2n) is 19.4. The van der Waals surface area contributed by atoms with Crippen LogP contribution in [0.1, 0.15) is 112 Å². The molecule has 7 rings (SSSR count). The molecule has 1 aliphatic heterocycles. The van der Waals surface area contributed by atoms with Crippen molar-refractivity contribution in [1.29, 1.82) is 0 Å². The Hall–Kier alpha value is -1.62. The Kier molecular flexibility index (Phi) is 9.61. The van der Waals surface area contributed by atoms with Gasteiger partial charge in [-0.25, -0.2) is 0 Å². The van der Waals surface area contributed by atoms with E-state index in [4.69, 9.17) is 14.2 Å². The summed E-state index contributed by atoms with van der Waals surface area (Å²) in [4.78, 5) is 19.4. The highest BCUT2D eigenvalue weighted by Gasteiger charge is 2.83. The molecule has 1 aromatic rings. The maximum atomic E-state index is 13.2. The van der Waals surface area contributed by atoms with Gasteiger partial charge in [0.25, 0.3) is 0 Å². The van der Waals surface area contributed by atoms with Crippen LogP contribution in [-0.2, 0) is 25.4 Å². The summed E-state index contributed by atoms with van der Waals surface area (Å²) in [6, 6.07) is 5.69. The molecule has 13 atom stereocenters. The smallest absolute Gasteiger partial charge is 0.228 e. The highest BCUT2D eigenvalue weighted by Crippen LogP contribution is 2.89. The lowest BCUT2D eigenvalue weighted by molar-refractivity contribution is -0.248. The van der Waals surface area contributed by atoms with E-state index in [0.717, 1.165) is 44.2 Å². The summed E-state index contributed by atoms with van der Waals surface area (Å²) < 4.78 is 18.8. The third kappa shape index (κ3) is 5.76. The molecule has 51 heavy (non-hydrogen) atoms. The zero-order valence-corrected chi connectivity index (χ0v) is 32.6. The summed E-state index contributed by atoms with van der Waals surface area (Å²) in [6.45, 7) is 16.8. The van der Waals surface area contributed by atoms with E-state index in [1.54, 1.807) is 27.2 Å². The van der Waals surface area contributed by atoms with Gasteiger partial charge in [-0.15, -0.1) is 0 Å². The lowest BCUT2D eigenvalue weighted by Crippen LogP contribution is -2.60. The molecule has 6 aliphatic rings. The first-order valence-corrected chi connectivity index (χ1v) is 20.0. The van der Waals surface area contributed by atoms with Gasteiger partial charge in [-0.2, -0.15) is 0 Å². The molecular formula is C42H66N2O7. The van der Waals surface area contributed by atoms with Gasteiger partial charge in [0, 0.05) is 31.0 Å². The first kappa shape index (κ1) is 37.7. The van der Waals surface area contributed by atoms with Gasteiger partial charge in [-0.3, -0.25) is 9.78 Å². The van der Waals surface area contributed by atoms with Gasteiger partial charge in [0.15, 0.2) is 6.29 Å². The Balaban J connectivity index is 1.04. The minimum absolute atomic E-state index is 0.00955. The Bertz CT molecular complexity index is 1430. The molecule has 9 heteroatoms. The van der Waals surface area contributed by atoms with E-state index >= 15 is 0 Å². The molecule has 1 saturated heterocycles. The lowest BCUT2D eigenvalue weighted by Gasteiger charge is -2.64. The number of aliphatic hydroxyl groups excluding tert-OH is 2. The number of hydrogen-bond donors (Lipinski definition) is 3. The molecule has 0 bridgehead atoms. The SMILES string of the molecule is COC(C[C@@H](C)C1C[C@H](O)[C@@]2(C)[C@@H]3CC[C@H]4C(C)(C)[C@@H](OC5CN(C(=O)Cc6ccccn6)CCO5)CC[C@@]45CC35CC[C@]12C)[C@H](O)C(C)(C)O. The van der Waals surface area contributed by atoms with Crippen LogP contribution in [0.4, 0.5) is 0 Å². The van der Waals surface area contributed by atoms with E-state index in [1.807, 2.05) is 23.1 Å². The fourth-order valence-corrected chi connectivity index (χ4v) is 13.7. The van der Waals surface area contributed by atoms with E-state index < -0.39 is 24.1 Å². The van der Waals surface area contributed by atoms with Gasteiger partial charge < -0.3 is 34.4 Å². The van der Waals surface area contributed by atoms with Crippen LogP contribution in [0.2, 0.25) is 0 Å². The number of ether oxygens (including phenoxy) is 3. The number of nitrogens with zero attached hydrogens (tertiary/aromatic N) is 2. The third-order valence-electron chi connectivity index (χ3n) is 16.6. The maximum absolute atomic E-state index is 13.2. The zero-order chi connectivity index (χ0) is 36.8. The number of rotatable bonds is 10. The van der Waals surface area contributed by atoms with E-state index in [2.05, 4.69) is 39.6 Å². The first-order chi connectivity index (χ1) is 23.9. The molecular weight excluding hydrogens is 644 g/mol. The second-order valence-corrected chi connectivity index (χ2v) is 19.4. The molecule has 2 spiro atoms. The van der Waals surface area contributed by atoms with Crippen molar-refractivity contribution in [2.24, 2.45) is 50.7 Å². The predicted molar refractivity (Wildman–Crippen MR) is 194 cm³/mol. The summed E-state index contributed by atoms with van der Waals surface area (Å²) in [6.07, 6.45) is 9.38. The molecule has 1 amide bonds. The molecule has 6 fully saturated rings. The van der Waals surface area contributed by atoms with Crippen molar-refractivity contribution in [3.8, 4) is 0 Å². The highest BCUT2D eigenvalue weighted by molar-refractivity contribution is 5.78. The van der Waals surface area contributed by atoms with E-state index in [9.17, 15) is 20.1 Å². The van der Waals surface area contributed by atoms with Crippen molar-refractivity contribution in [2.75, 3.05) is 26.8 Å².